The number of carbonyl (C=O) groups excluding carboxylic acids is 1. The Morgan fingerprint density at radius 1 is 1.15 bits per heavy atom. The van der Waals surface area contributed by atoms with E-state index in [1.807, 2.05) is 53.4 Å². The first-order chi connectivity index (χ1) is 19.5. The smallest absolute Gasteiger partial charge is 0.261 e. The van der Waals surface area contributed by atoms with Crippen LogP contribution in [0.15, 0.2) is 83.3 Å². The van der Waals surface area contributed by atoms with Gasteiger partial charge in [-0.15, -0.1) is 0 Å². The molecule has 1 aromatic carbocycles. The van der Waals surface area contributed by atoms with Crippen molar-refractivity contribution in [1.82, 2.24) is 19.6 Å². The Kier molecular flexibility index (Phi) is 8.95. The number of nitrogens with zero attached hydrogens (tertiary/aromatic N) is 3. The first kappa shape index (κ1) is 28.0. The van der Waals surface area contributed by atoms with Gasteiger partial charge in [-0.05, 0) is 62.8 Å². The van der Waals surface area contributed by atoms with E-state index in [-0.39, 0.29) is 29.3 Å². The van der Waals surface area contributed by atoms with Crippen molar-refractivity contribution in [2.24, 2.45) is 11.8 Å². The predicted octanol–water partition coefficient (Wildman–Crippen LogP) is 5.87. The number of hydrogen-bond donors (Lipinski definition) is 1. The molecular formula is C34H42N4O2. The normalized spacial score (nSPS) is 21.7. The Morgan fingerprint density at radius 2 is 1.95 bits per heavy atom. The van der Waals surface area contributed by atoms with Gasteiger partial charge < -0.3 is 10.2 Å². The highest BCUT2D eigenvalue weighted by atomic mass is 16.2. The lowest BCUT2D eigenvalue weighted by atomic mass is 9.85. The largest absolute Gasteiger partial charge is 0.333 e. The third-order valence-corrected chi connectivity index (χ3v) is 8.52. The van der Waals surface area contributed by atoms with Crippen molar-refractivity contribution in [2.45, 2.75) is 71.4 Å². The molecular weight excluding hydrogens is 496 g/mol. The number of nitrogens with one attached hydrogen (secondary N) is 1. The maximum Gasteiger partial charge on any atom is 0.261 e. The Balaban J connectivity index is 1.58. The van der Waals surface area contributed by atoms with Gasteiger partial charge >= 0.3 is 0 Å². The van der Waals surface area contributed by atoms with Crippen LogP contribution in [0, 0.1) is 11.8 Å². The van der Waals surface area contributed by atoms with Gasteiger partial charge in [-0.1, -0.05) is 80.5 Å². The van der Waals surface area contributed by atoms with Crippen LogP contribution in [0.3, 0.4) is 0 Å². The quantitative estimate of drug-likeness (QED) is 0.370. The Bertz CT molecular complexity index is 1440. The predicted molar refractivity (Wildman–Crippen MR) is 161 cm³/mol. The van der Waals surface area contributed by atoms with Gasteiger partial charge in [0.1, 0.15) is 5.65 Å². The monoisotopic (exact) mass is 538 g/mol. The third-order valence-electron chi connectivity index (χ3n) is 8.52. The summed E-state index contributed by atoms with van der Waals surface area (Å²) in [4.78, 5) is 35.5. The van der Waals surface area contributed by atoms with E-state index in [0.29, 0.717) is 36.6 Å². The van der Waals surface area contributed by atoms with E-state index in [1.54, 1.807) is 10.6 Å². The molecule has 4 atom stereocenters. The summed E-state index contributed by atoms with van der Waals surface area (Å²) in [5.74, 6) is 0.0105. The molecule has 0 saturated carbocycles. The summed E-state index contributed by atoms with van der Waals surface area (Å²) in [6.45, 7) is 7.98. The average Bonchev–Trinajstić information content (AvgIpc) is 2.97. The fourth-order valence-corrected chi connectivity index (χ4v) is 6.33. The minimum absolute atomic E-state index is 0.0614. The third kappa shape index (κ3) is 6.12. The number of benzene rings is 1. The van der Waals surface area contributed by atoms with E-state index >= 15 is 0 Å². The Hall–Kier alpha value is -3.51. The van der Waals surface area contributed by atoms with Crippen molar-refractivity contribution in [3.63, 3.8) is 0 Å². The van der Waals surface area contributed by atoms with Gasteiger partial charge in [-0.25, -0.2) is 4.98 Å². The molecule has 6 nitrogen and oxygen atoms in total. The Morgan fingerprint density at radius 3 is 2.67 bits per heavy atom. The zero-order valence-electron chi connectivity index (χ0n) is 24.1. The van der Waals surface area contributed by atoms with E-state index in [1.165, 1.54) is 18.4 Å². The molecule has 2 aromatic heterocycles. The summed E-state index contributed by atoms with van der Waals surface area (Å²) >= 11 is 0. The van der Waals surface area contributed by atoms with E-state index in [9.17, 15) is 9.59 Å². The minimum Gasteiger partial charge on any atom is -0.333 e. The van der Waals surface area contributed by atoms with E-state index in [4.69, 9.17) is 4.98 Å². The van der Waals surface area contributed by atoms with Gasteiger partial charge in [-0.2, -0.15) is 0 Å². The summed E-state index contributed by atoms with van der Waals surface area (Å²) in [6.07, 6.45) is 13.7. The topological polar surface area (TPSA) is 66.7 Å². The zero-order chi connectivity index (χ0) is 28.1. The van der Waals surface area contributed by atoms with Gasteiger partial charge in [-0.3, -0.25) is 14.0 Å². The number of carbonyl (C=O) groups is 1. The number of fused-ring (bicyclic) bond motifs is 1. The fraction of sp³-hybridized carbons (Fsp3) is 0.441. The molecule has 0 radical (unpaired) electrons. The number of allylic oxidation sites excluding steroid dienone is 3. The second-order valence-corrected chi connectivity index (χ2v) is 11.4. The summed E-state index contributed by atoms with van der Waals surface area (Å²) in [5, 5.41) is 3.65. The summed E-state index contributed by atoms with van der Waals surface area (Å²) in [6, 6.07) is 15.8. The van der Waals surface area contributed by atoms with Crippen molar-refractivity contribution in [3.8, 4) is 0 Å². The van der Waals surface area contributed by atoms with Gasteiger partial charge in [0.25, 0.3) is 5.56 Å². The van der Waals surface area contributed by atoms with Gasteiger partial charge in [0.05, 0.1) is 17.7 Å². The molecule has 1 N–H and O–H groups in total. The van der Waals surface area contributed by atoms with Crippen LogP contribution in [-0.4, -0.2) is 39.3 Å². The molecule has 210 valence electrons. The minimum atomic E-state index is -0.291. The summed E-state index contributed by atoms with van der Waals surface area (Å²) < 4.78 is 1.63. The van der Waals surface area contributed by atoms with Crippen molar-refractivity contribution >= 4 is 11.6 Å². The summed E-state index contributed by atoms with van der Waals surface area (Å²) in [7, 11) is 0. The van der Waals surface area contributed by atoms with E-state index < -0.39 is 0 Å². The molecule has 1 aliphatic heterocycles. The standard InChI is InChI=1S/C34H42N4O2/c1-4-30(32-29(23-26-12-6-5-7-13-26)34(40)38-20-11-9-15-31(38)36-32)37(21-18-27-14-8-10-19-35-27)33(39)28-17-16-24(2)22-25(28)3/h5-7,9,11-13,15-17,20,22,25,27-28,30,35H,4,8,10,14,18-19,21,23H2,1-3H3. The molecule has 2 aliphatic rings. The van der Waals surface area contributed by atoms with Crippen LogP contribution in [0.25, 0.3) is 5.65 Å². The number of piperidine rings is 1. The van der Waals surface area contributed by atoms with E-state index in [0.717, 1.165) is 30.6 Å². The lowest BCUT2D eigenvalue weighted by Crippen LogP contribution is -2.45. The zero-order valence-corrected chi connectivity index (χ0v) is 24.1. The fourth-order valence-electron chi connectivity index (χ4n) is 6.33. The van der Waals surface area contributed by atoms with Crippen LogP contribution in [0.4, 0.5) is 0 Å². The molecule has 3 aromatic rings. The van der Waals surface area contributed by atoms with Gasteiger partial charge in [0, 0.05) is 30.8 Å². The number of amides is 1. The van der Waals surface area contributed by atoms with Crippen molar-refractivity contribution in [3.05, 3.63) is 106 Å². The van der Waals surface area contributed by atoms with Gasteiger partial charge in [0.15, 0.2) is 0 Å². The summed E-state index contributed by atoms with van der Waals surface area (Å²) in [5.41, 5.74) is 4.19. The van der Waals surface area contributed by atoms with Crippen LogP contribution in [0.2, 0.25) is 0 Å². The molecule has 5 rings (SSSR count). The number of rotatable bonds is 9. The molecule has 6 heteroatoms. The van der Waals surface area contributed by atoms with Crippen LogP contribution in [0.5, 0.6) is 0 Å². The molecule has 1 fully saturated rings. The molecule has 1 amide bonds. The lowest BCUT2D eigenvalue weighted by Gasteiger charge is -2.37. The lowest BCUT2D eigenvalue weighted by molar-refractivity contribution is -0.138. The maximum absolute atomic E-state index is 14.4. The number of aromatic nitrogens is 2. The van der Waals surface area contributed by atoms with Crippen LogP contribution in [-0.2, 0) is 11.2 Å². The number of hydrogen-bond acceptors (Lipinski definition) is 4. The second kappa shape index (κ2) is 12.8. The Labute approximate surface area is 237 Å². The first-order valence-corrected chi connectivity index (χ1v) is 14.9. The molecule has 40 heavy (non-hydrogen) atoms. The van der Waals surface area contributed by atoms with Crippen molar-refractivity contribution < 1.29 is 4.79 Å². The van der Waals surface area contributed by atoms with Crippen LogP contribution < -0.4 is 10.9 Å². The first-order valence-electron chi connectivity index (χ1n) is 14.9. The van der Waals surface area contributed by atoms with Crippen LogP contribution >= 0.6 is 0 Å². The highest BCUT2D eigenvalue weighted by Gasteiger charge is 2.34. The van der Waals surface area contributed by atoms with Crippen molar-refractivity contribution in [2.75, 3.05) is 13.1 Å². The highest BCUT2D eigenvalue weighted by molar-refractivity contribution is 5.82. The molecule has 3 heterocycles. The second-order valence-electron chi connectivity index (χ2n) is 11.4. The SMILES string of the molecule is CCC(c1nc2ccccn2c(=O)c1Cc1ccccc1)N(CCC1CCCCN1)C(=O)C1C=CC(C)=CC1C. The van der Waals surface area contributed by atoms with Gasteiger partial charge in [0.2, 0.25) is 5.91 Å². The average molecular weight is 539 g/mol. The molecule has 1 aliphatic carbocycles. The maximum atomic E-state index is 14.4. The molecule has 0 bridgehead atoms. The van der Waals surface area contributed by atoms with E-state index in [2.05, 4.69) is 44.3 Å². The van der Waals surface area contributed by atoms with Crippen molar-refractivity contribution in [1.29, 1.82) is 0 Å². The number of pyridine rings is 1. The molecule has 1 saturated heterocycles. The molecule has 4 unspecified atom stereocenters. The molecule has 0 spiro atoms. The highest BCUT2D eigenvalue weighted by Crippen LogP contribution is 2.32. The van der Waals surface area contributed by atoms with Crippen LogP contribution in [0.1, 0.15) is 75.7 Å².